The van der Waals surface area contributed by atoms with E-state index in [0.29, 0.717) is 25.2 Å². The molecule has 1 unspecified atom stereocenters. The van der Waals surface area contributed by atoms with Gasteiger partial charge in [0.05, 0.1) is 5.75 Å². The monoisotopic (exact) mass is 272 g/mol. The van der Waals surface area contributed by atoms with E-state index >= 15 is 0 Å². The molecule has 4 nitrogen and oxygen atoms in total. The summed E-state index contributed by atoms with van der Waals surface area (Å²) < 4.78 is 38.7. The van der Waals surface area contributed by atoms with Gasteiger partial charge in [-0.1, -0.05) is 12.1 Å². The summed E-state index contributed by atoms with van der Waals surface area (Å²) in [5.74, 6) is -0.321. The smallest absolute Gasteiger partial charge is 0.218 e. The predicted molar refractivity (Wildman–Crippen MR) is 67.8 cm³/mol. The van der Waals surface area contributed by atoms with Gasteiger partial charge >= 0.3 is 0 Å². The minimum absolute atomic E-state index is 0.151. The van der Waals surface area contributed by atoms with E-state index in [4.69, 9.17) is 5.73 Å². The van der Waals surface area contributed by atoms with Crippen LogP contribution in [0, 0.1) is 11.7 Å². The van der Waals surface area contributed by atoms with Crippen LogP contribution in [-0.2, 0) is 15.8 Å². The van der Waals surface area contributed by atoms with Gasteiger partial charge in [-0.3, -0.25) is 0 Å². The lowest BCUT2D eigenvalue weighted by molar-refractivity contribution is 0.458. The van der Waals surface area contributed by atoms with Gasteiger partial charge in [0.25, 0.3) is 0 Å². The Kier molecular flexibility index (Phi) is 3.99. The normalized spacial score (nSPS) is 21.3. The zero-order valence-corrected chi connectivity index (χ0v) is 10.9. The lowest BCUT2D eigenvalue weighted by Gasteiger charge is -2.16. The molecule has 0 saturated carbocycles. The Bertz CT molecular complexity index is 519. The third kappa shape index (κ3) is 3.07. The first kappa shape index (κ1) is 13.5. The predicted octanol–water partition coefficient (Wildman–Crippen LogP) is 0.936. The van der Waals surface area contributed by atoms with Gasteiger partial charge in [0.2, 0.25) is 10.0 Å². The van der Waals surface area contributed by atoms with Crippen LogP contribution >= 0.6 is 0 Å². The van der Waals surface area contributed by atoms with Crippen LogP contribution in [0.25, 0.3) is 0 Å². The summed E-state index contributed by atoms with van der Waals surface area (Å²) in [4.78, 5) is 0. The number of halogens is 1. The summed E-state index contributed by atoms with van der Waals surface area (Å²) >= 11 is 0. The van der Waals surface area contributed by atoms with Crippen molar-refractivity contribution in [2.75, 3.05) is 19.6 Å². The molecule has 0 spiro atoms. The second kappa shape index (κ2) is 5.34. The average Bonchev–Trinajstić information content (AvgIpc) is 2.77. The van der Waals surface area contributed by atoms with Gasteiger partial charge in [0.15, 0.2) is 0 Å². The van der Waals surface area contributed by atoms with Crippen LogP contribution in [-0.4, -0.2) is 32.4 Å². The lowest BCUT2D eigenvalue weighted by atomic mass is 10.1. The molecule has 0 radical (unpaired) electrons. The topological polar surface area (TPSA) is 63.4 Å². The Labute approximate surface area is 107 Å². The summed E-state index contributed by atoms with van der Waals surface area (Å²) in [6.07, 6.45) is 0.804. The summed E-state index contributed by atoms with van der Waals surface area (Å²) in [6.45, 7) is 1.50. The van der Waals surface area contributed by atoms with Crippen molar-refractivity contribution in [1.82, 2.24) is 4.31 Å². The first-order valence-electron chi connectivity index (χ1n) is 5.93. The number of rotatable bonds is 4. The molecule has 1 atom stereocenters. The largest absolute Gasteiger partial charge is 0.330 e. The van der Waals surface area contributed by atoms with Gasteiger partial charge in [-0.2, -0.15) is 0 Å². The van der Waals surface area contributed by atoms with E-state index in [9.17, 15) is 12.8 Å². The molecule has 18 heavy (non-hydrogen) atoms. The van der Waals surface area contributed by atoms with Crippen molar-refractivity contribution >= 4 is 10.0 Å². The van der Waals surface area contributed by atoms with Crippen LogP contribution in [0.15, 0.2) is 24.3 Å². The van der Waals surface area contributed by atoms with E-state index in [1.165, 1.54) is 22.5 Å². The molecule has 100 valence electrons. The molecule has 0 aliphatic carbocycles. The van der Waals surface area contributed by atoms with Crippen LogP contribution in [0.2, 0.25) is 0 Å². The maximum absolute atomic E-state index is 13.0. The fourth-order valence-electron chi connectivity index (χ4n) is 2.17. The Morgan fingerprint density at radius 2 is 2.22 bits per heavy atom. The number of nitrogens with two attached hydrogens (primary N) is 1. The molecule has 1 saturated heterocycles. The van der Waals surface area contributed by atoms with E-state index in [2.05, 4.69) is 0 Å². The quantitative estimate of drug-likeness (QED) is 0.887. The highest BCUT2D eigenvalue weighted by Crippen LogP contribution is 2.21. The molecule has 0 amide bonds. The van der Waals surface area contributed by atoms with Crippen LogP contribution in [0.3, 0.4) is 0 Å². The highest BCUT2D eigenvalue weighted by Gasteiger charge is 2.30. The Hall–Kier alpha value is -0.980. The molecule has 1 heterocycles. The van der Waals surface area contributed by atoms with Crippen molar-refractivity contribution in [3.05, 3.63) is 35.6 Å². The van der Waals surface area contributed by atoms with Crippen molar-refractivity contribution in [1.29, 1.82) is 0 Å². The molecular weight excluding hydrogens is 255 g/mol. The first-order valence-corrected chi connectivity index (χ1v) is 7.54. The van der Waals surface area contributed by atoms with E-state index < -0.39 is 15.8 Å². The number of nitrogens with zero attached hydrogens (tertiary/aromatic N) is 1. The van der Waals surface area contributed by atoms with E-state index in [0.717, 1.165) is 6.42 Å². The fraction of sp³-hybridized carbons (Fsp3) is 0.500. The molecule has 1 aromatic carbocycles. The highest BCUT2D eigenvalue weighted by molar-refractivity contribution is 7.88. The second-order valence-corrected chi connectivity index (χ2v) is 6.60. The average molecular weight is 272 g/mol. The number of sulfonamides is 1. The van der Waals surface area contributed by atoms with Crippen LogP contribution < -0.4 is 5.73 Å². The van der Waals surface area contributed by atoms with Gasteiger partial charge in [0, 0.05) is 13.1 Å². The minimum atomic E-state index is -3.36. The zero-order chi connectivity index (χ0) is 13.2. The summed E-state index contributed by atoms with van der Waals surface area (Å²) in [5, 5.41) is 0. The van der Waals surface area contributed by atoms with Gasteiger partial charge < -0.3 is 5.73 Å². The molecule has 6 heteroatoms. The standard InChI is InChI=1S/C12H17FN2O2S/c13-12-3-1-2-10(6-12)9-18(16,17)15-5-4-11(7-14)8-15/h1-3,6,11H,4-5,7-9,14H2. The van der Waals surface area contributed by atoms with E-state index in [1.54, 1.807) is 6.07 Å². The van der Waals surface area contributed by atoms with E-state index in [-0.39, 0.29) is 11.7 Å². The van der Waals surface area contributed by atoms with Gasteiger partial charge in [0.1, 0.15) is 5.82 Å². The third-order valence-electron chi connectivity index (χ3n) is 3.21. The van der Waals surface area contributed by atoms with Crippen molar-refractivity contribution in [3.8, 4) is 0 Å². The molecule has 1 fully saturated rings. The summed E-state index contributed by atoms with van der Waals surface area (Å²) in [5.41, 5.74) is 6.02. The molecule has 2 N–H and O–H groups in total. The molecule has 0 aromatic heterocycles. The lowest BCUT2D eigenvalue weighted by Crippen LogP contribution is -2.31. The second-order valence-electron chi connectivity index (χ2n) is 4.63. The molecular formula is C12H17FN2O2S. The van der Waals surface area contributed by atoms with Crippen molar-refractivity contribution in [3.63, 3.8) is 0 Å². The van der Waals surface area contributed by atoms with Gasteiger partial charge in [-0.25, -0.2) is 17.1 Å². The van der Waals surface area contributed by atoms with Crippen molar-refractivity contribution < 1.29 is 12.8 Å². The number of hydrogen-bond donors (Lipinski definition) is 1. The first-order chi connectivity index (χ1) is 8.51. The maximum Gasteiger partial charge on any atom is 0.218 e. The van der Waals surface area contributed by atoms with Crippen LogP contribution in [0.5, 0.6) is 0 Å². The Morgan fingerprint density at radius 1 is 1.44 bits per heavy atom. The Morgan fingerprint density at radius 3 is 2.83 bits per heavy atom. The molecule has 2 rings (SSSR count). The Balaban J connectivity index is 2.08. The van der Waals surface area contributed by atoms with Gasteiger partial charge in [-0.15, -0.1) is 0 Å². The minimum Gasteiger partial charge on any atom is -0.330 e. The molecule has 1 aromatic rings. The highest BCUT2D eigenvalue weighted by atomic mass is 32.2. The van der Waals surface area contributed by atoms with E-state index in [1.807, 2.05) is 0 Å². The summed E-state index contributed by atoms with van der Waals surface area (Å²) in [7, 11) is -3.36. The number of benzene rings is 1. The van der Waals surface area contributed by atoms with Crippen LogP contribution in [0.1, 0.15) is 12.0 Å². The number of hydrogen-bond acceptors (Lipinski definition) is 3. The van der Waals surface area contributed by atoms with Gasteiger partial charge in [-0.05, 0) is 36.6 Å². The third-order valence-corrected chi connectivity index (χ3v) is 5.03. The molecule has 0 bridgehead atoms. The fourth-order valence-corrected chi connectivity index (χ4v) is 3.78. The van der Waals surface area contributed by atoms with Crippen LogP contribution in [0.4, 0.5) is 4.39 Å². The molecule has 1 aliphatic heterocycles. The molecule has 1 aliphatic rings. The zero-order valence-electron chi connectivity index (χ0n) is 10.0. The van der Waals surface area contributed by atoms with Crippen molar-refractivity contribution in [2.24, 2.45) is 11.7 Å². The van der Waals surface area contributed by atoms with Crippen molar-refractivity contribution in [2.45, 2.75) is 12.2 Å². The summed E-state index contributed by atoms with van der Waals surface area (Å²) in [6, 6.07) is 5.70. The maximum atomic E-state index is 13.0. The SMILES string of the molecule is NCC1CCN(S(=O)(=O)Cc2cccc(F)c2)C1.